The van der Waals surface area contributed by atoms with Crippen LogP contribution in [0.2, 0.25) is 10.0 Å². The predicted molar refractivity (Wildman–Crippen MR) is 355 cm³/mol. The lowest BCUT2D eigenvalue weighted by molar-refractivity contribution is -0.163. The van der Waals surface area contributed by atoms with Crippen LogP contribution >= 0.6 is 23.2 Å². The zero-order chi connectivity index (χ0) is 71.7. The zero-order valence-electron chi connectivity index (χ0n) is 53.2. The molecule has 15 nitrogen and oxygen atoms in total. The molecule has 3 aliphatic rings. The van der Waals surface area contributed by atoms with E-state index in [1.165, 1.54) is 24.4 Å². The van der Waals surface area contributed by atoms with E-state index in [1.807, 2.05) is 42.5 Å². The lowest BCUT2D eigenvalue weighted by atomic mass is 9.66. The van der Waals surface area contributed by atoms with Crippen LogP contribution in [0.4, 0.5) is 68.0 Å². The summed E-state index contributed by atoms with van der Waals surface area (Å²) in [5.41, 5.74) is 10.3. The summed E-state index contributed by atoms with van der Waals surface area (Å²) in [5, 5.41) is 16.9. The number of carboxylic acids is 1. The Morgan fingerprint density at radius 3 is 1.06 bits per heavy atom. The molecule has 11 rings (SSSR count). The number of pyridine rings is 3. The highest BCUT2D eigenvalue weighted by Crippen LogP contribution is 2.50. The molecule has 5 N–H and O–H groups in total. The van der Waals surface area contributed by atoms with E-state index in [0.29, 0.717) is 55.1 Å². The molecule has 0 spiro atoms. The standard InChI is InChI=1S/C27H24ClF3N2O3.C25H20ClF3N2O3.C21H21F3N2O3/c1-2-36-24(34)14-26(16-27(29,30)31)12-11-17-13-18(3-9-22(17)25(26)35)23-10-8-21(15-32-23)33-20-6-4-19(28)5-7-20;26-17-2-4-18(5-3-17)31-19-6-8-21(30-13-19)16-1-7-20-15(11-16)9-10-24(23(20)34,12-22(32)33)14-25(27,28)29;1-2-29-18(27)10-20(12-21(22,23)24)8-7-13-9-14(3-5-16(13)19(20)28)17-6-4-15(25)11-26-17/h3-10,13,15,33H,2,11-12,14,16H2,1H3;1-8,11,13,31H,9-10,12,14H2,(H,32,33);3-6,9,11H,2,7-8,10,12,25H2,1H3. The number of ketones is 3. The Morgan fingerprint density at radius 2 is 0.778 bits per heavy atom. The fourth-order valence-electron chi connectivity index (χ4n) is 12.7. The van der Waals surface area contributed by atoms with Gasteiger partial charge in [0.15, 0.2) is 17.3 Å². The van der Waals surface area contributed by atoms with Gasteiger partial charge in [-0.15, -0.1) is 0 Å². The molecule has 26 heteroatoms. The van der Waals surface area contributed by atoms with E-state index in [2.05, 4.69) is 25.6 Å². The van der Waals surface area contributed by atoms with Gasteiger partial charge in [-0.2, -0.15) is 39.5 Å². The van der Waals surface area contributed by atoms with Crippen molar-refractivity contribution in [3.63, 3.8) is 0 Å². The average molecular weight is 1410 g/mol. The molecule has 0 radical (unpaired) electrons. The number of carbonyl (C=O) groups is 6. The van der Waals surface area contributed by atoms with E-state index >= 15 is 0 Å². The summed E-state index contributed by atoms with van der Waals surface area (Å²) in [4.78, 5) is 88.0. The third-order valence-electron chi connectivity index (χ3n) is 17.3. The van der Waals surface area contributed by atoms with Gasteiger partial charge in [0.2, 0.25) is 0 Å². The molecule has 5 aromatic carbocycles. The fraction of sp³-hybridized carbons (Fsp3) is 0.301. The van der Waals surface area contributed by atoms with Crippen molar-refractivity contribution in [2.24, 2.45) is 16.2 Å². The Morgan fingerprint density at radius 1 is 0.465 bits per heavy atom. The number of ether oxygens (including phenoxy) is 2. The minimum Gasteiger partial charge on any atom is -0.481 e. The lowest BCUT2D eigenvalue weighted by Gasteiger charge is -2.36. The van der Waals surface area contributed by atoms with Gasteiger partial charge in [0.1, 0.15) is 0 Å². The number of hydrogen-bond donors (Lipinski definition) is 4. The second kappa shape index (κ2) is 30.6. The van der Waals surface area contributed by atoms with Gasteiger partial charge in [0.05, 0.1) is 121 Å². The predicted octanol–water partition coefficient (Wildman–Crippen LogP) is 18.2. The number of nitrogens with zero attached hydrogens (tertiary/aromatic N) is 3. The number of halogens is 11. The van der Waals surface area contributed by atoms with Gasteiger partial charge in [-0.05, 0) is 172 Å². The number of anilines is 5. The van der Waals surface area contributed by atoms with Gasteiger partial charge >= 0.3 is 36.4 Å². The van der Waals surface area contributed by atoms with E-state index in [4.69, 9.17) is 38.4 Å². The molecule has 3 aliphatic carbocycles. The van der Waals surface area contributed by atoms with Gasteiger partial charge in [0, 0.05) is 54.8 Å². The average Bonchev–Trinajstić information content (AvgIpc) is 0.773. The molecule has 3 unspecified atom stereocenters. The Labute approximate surface area is 572 Å². The normalized spacial score (nSPS) is 18.0. The number of nitrogens with one attached hydrogen (secondary N) is 2. The van der Waals surface area contributed by atoms with Crippen LogP contribution in [0.15, 0.2) is 158 Å². The second-order valence-corrected chi connectivity index (χ2v) is 25.3. The van der Waals surface area contributed by atoms with Crippen molar-refractivity contribution in [1.29, 1.82) is 0 Å². The minimum atomic E-state index is -4.64. The first-order chi connectivity index (χ1) is 46.8. The van der Waals surface area contributed by atoms with Crippen molar-refractivity contribution in [1.82, 2.24) is 15.0 Å². The highest BCUT2D eigenvalue weighted by Gasteiger charge is 2.54. The van der Waals surface area contributed by atoms with Crippen molar-refractivity contribution in [3.8, 4) is 33.8 Å². The fourth-order valence-corrected chi connectivity index (χ4v) is 13.0. The van der Waals surface area contributed by atoms with Gasteiger partial charge < -0.3 is 30.9 Å². The van der Waals surface area contributed by atoms with Gasteiger partial charge in [0.25, 0.3) is 0 Å². The maximum Gasteiger partial charge on any atom is 0.390 e. The van der Waals surface area contributed by atoms with Crippen LogP contribution in [0.25, 0.3) is 33.8 Å². The number of fused-ring (bicyclic) bond motifs is 3. The van der Waals surface area contributed by atoms with E-state index in [0.717, 1.165) is 33.9 Å². The number of Topliss-reactive ketones (excluding diaryl/α,β-unsaturated/α-hetero) is 3. The maximum absolute atomic E-state index is 13.4. The highest BCUT2D eigenvalue weighted by atomic mass is 35.5. The number of nitrogens with two attached hydrogens (primary N) is 1. The number of alkyl halides is 9. The molecule has 0 saturated carbocycles. The largest absolute Gasteiger partial charge is 0.481 e. The zero-order valence-corrected chi connectivity index (χ0v) is 54.7. The van der Waals surface area contributed by atoms with Gasteiger partial charge in [-0.1, -0.05) is 59.6 Å². The van der Waals surface area contributed by atoms with Gasteiger partial charge in [-0.25, -0.2) is 0 Å². The summed E-state index contributed by atoms with van der Waals surface area (Å²) in [6.45, 7) is 3.22. The number of nitrogen functional groups attached to an aromatic ring is 1. The summed E-state index contributed by atoms with van der Waals surface area (Å²) >= 11 is 11.8. The number of benzene rings is 5. The molecule has 0 fully saturated rings. The number of aromatic nitrogens is 3. The highest BCUT2D eigenvalue weighted by molar-refractivity contribution is 6.31. The molecular formula is C73H65Cl2F9N6O9. The van der Waals surface area contributed by atoms with Gasteiger partial charge in [-0.3, -0.25) is 43.7 Å². The molecule has 518 valence electrons. The number of esters is 2. The van der Waals surface area contributed by atoms with Crippen molar-refractivity contribution >= 4 is 86.9 Å². The third kappa shape index (κ3) is 19.0. The number of carboxylic acid groups (broad SMARTS) is 1. The monoisotopic (exact) mass is 1410 g/mol. The smallest absolute Gasteiger partial charge is 0.390 e. The number of rotatable bonds is 18. The molecule has 8 aromatic rings. The number of hydrogen-bond acceptors (Lipinski definition) is 14. The van der Waals surface area contributed by atoms with Crippen LogP contribution in [0.5, 0.6) is 0 Å². The van der Waals surface area contributed by atoms with Crippen LogP contribution in [-0.2, 0) is 43.1 Å². The Hall–Kier alpha value is -9.68. The molecule has 0 bridgehead atoms. The molecular weight excluding hydrogens is 1350 g/mol. The van der Waals surface area contributed by atoms with Crippen molar-refractivity contribution in [3.05, 3.63) is 202 Å². The van der Waals surface area contributed by atoms with E-state index in [1.54, 1.807) is 105 Å². The quantitative estimate of drug-likeness (QED) is 0.0462. The van der Waals surface area contributed by atoms with E-state index < -0.39 is 109 Å². The maximum atomic E-state index is 13.4. The molecule has 0 saturated heterocycles. The molecule has 0 aliphatic heterocycles. The number of aryl methyl sites for hydroxylation is 3. The molecule has 3 heterocycles. The first-order valence-electron chi connectivity index (χ1n) is 31.2. The van der Waals surface area contributed by atoms with Crippen molar-refractivity contribution < 1.29 is 82.9 Å². The lowest BCUT2D eigenvalue weighted by Crippen LogP contribution is -2.42. The van der Waals surface area contributed by atoms with Crippen LogP contribution in [0, 0.1) is 16.2 Å². The molecule has 0 amide bonds. The number of aliphatic carboxylic acids is 1. The van der Waals surface area contributed by atoms with Crippen molar-refractivity contribution in [2.45, 2.75) is 109 Å². The Kier molecular flexibility index (Phi) is 22.7. The summed E-state index contributed by atoms with van der Waals surface area (Å²) in [7, 11) is 0. The Balaban J connectivity index is 0.000000175. The second-order valence-electron chi connectivity index (χ2n) is 24.5. The molecule has 99 heavy (non-hydrogen) atoms. The minimum absolute atomic E-state index is 0.0378. The van der Waals surface area contributed by atoms with E-state index in [9.17, 15) is 73.4 Å². The van der Waals surface area contributed by atoms with Crippen molar-refractivity contribution in [2.75, 3.05) is 29.6 Å². The van der Waals surface area contributed by atoms with Crippen LogP contribution < -0.4 is 16.4 Å². The van der Waals surface area contributed by atoms with E-state index in [-0.39, 0.29) is 68.4 Å². The molecule has 3 atom stereocenters. The summed E-state index contributed by atoms with van der Waals surface area (Å²) in [6, 6.07) is 39.9. The summed E-state index contributed by atoms with van der Waals surface area (Å²) < 4.78 is 129. The number of carbonyl (C=O) groups excluding carboxylic acids is 5. The SMILES string of the molecule is CCOC(=O)CC1(CC(F)(F)F)CCc2cc(-c3ccc(N)cn3)ccc2C1=O.CCOC(=O)CC1(CC(F)(F)F)CCc2cc(-c3ccc(Nc4ccc(Cl)cc4)cn3)ccc2C1=O.O=C(O)CC1(CC(F)(F)F)CCc2cc(-c3ccc(Nc4ccc(Cl)cc4)cn3)ccc2C1=O. The summed E-state index contributed by atoms with van der Waals surface area (Å²) in [6.07, 6.45) is -14.8. The third-order valence-corrected chi connectivity index (χ3v) is 17.8. The molecule has 3 aromatic heterocycles. The Bertz CT molecular complexity index is 4280. The topological polar surface area (TPSA) is 230 Å². The van der Waals surface area contributed by atoms with Crippen LogP contribution in [-0.4, -0.2) is 87.1 Å². The first-order valence-corrected chi connectivity index (χ1v) is 32.0. The van der Waals surface area contributed by atoms with Crippen LogP contribution in [0.1, 0.15) is 119 Å². The summed E-state index contributed by atoms with van der Waals surface area (Å²) in [5.74, 6) is -5.12. The first kappa shape index (κ1) is 73.6. The van der Waals surface area contributed by atoms with Crippen LogP contribution in [0.3, 0.4) is 0 Å².